The number of nitrogens with one attached hydrogen (secondary N) is 1. The number of benzene rings is 1. The average Bonchev–Trinajstić information content (AvgIpc) is 3.10. The monoisotopic (exact) mass is 263 g/mol. The molecule has 0 amide bonds. The molecule has 0 bridgehead atoms. The predicted octanol–water partition coefficient (Wildman–Crippen LogP) is 2.50. The molecule has 1 heterocycles. The zero-order valence-electron chi connectivity index (χ0n) is 11.0. The summed E-state index contributed by atoms with van der Waals surface area (Å²) >= 11 is 0. The Kier molecular flexibility index (Phi) is 3.27. The third-order valence-electron chi connectivity index (χ3n) is 3.84. The Morgan fingerprint density at radius 2 is 2.16 bits per heavy atom. The lowest BCUT2D eigenvalue weighted by Gasteiger charge is -2.27. The molecule has 0 aromatic heterocycles. The van der Waals surface area contributed by atoms with Gasteiger partial charge in [0.25, 0.3) is 0 Å². The Morgan fingerprint density at radius 3 is 2.68 bits per heavy atom. The van der Waals surface area contributed by atoms with Crippen LogP contribution in [0.25, 0.3) is 0 Å². The van der Waals surface area contributed by atoms with Crippen molar-refractivity contribution in [3.8, 4) is 5.75 Å². The predicted molar refractivity (Wildman–Crippen MR) is 70.2 cm³/mol. The lowest BCUT2D eigenvalue weighted by atomic mass is 10.0. The molecule has 19 heavy (non-hydrogen) atoms. The summed E-state index contributed by atoms with van der Waals surface area (Å²) in [4.78, 5) is 11.4. The Morgan fingerprint density at radius 1 is 1.42 bits per heavy atom. The summed E-state index contributed by atoms with van der Waals surface area (Å²) < 4.78 is 19.6. The number of ether oxygens (including phenoxy) is 1. The molecule has 1 aliphatic carbocycles. The summed E-state index contributed by atoms with van der Waals surface area (Å²) in [5.41, 5.74) is 1.18. The van der Waals surface area contributed by atoms with Crippen LogP contribution in [0.15, 0.2) is 12.1 Å². The molecule has 2 fully saturated rings. The minimum absolute atomic E-state index is 0.180. The number of halogens is 1. The summed E-state index contributed by atoms with van der Waals surface area (Å²) in [7, 11) is 0. The third-order valence-corrected chi connectivity index (χ3v) is 3.84. The van der Waals surface area contributed by atoms with Gasteiger partial charge in [-0.05, 0) is 37.3 Å². The fourth-order valence-corrected chi connectivity index (χ4v) is 2.35. The smallest absolute Gasteiger partial charge is 0.162 e. The van der Waals surface area contributed by atoms with E-state index < -0.39 is 5.82 Å². The first kappa shape index (κ1) is 12.6. The van der Waals surface area contributed by atoms with Crippen LogP contribution >= 0.6 is 0 Å². The summed E-state index contributed by atoms with van der Waals surface area (Å²) in [6.07, 6.45) is 2.20. The highest BCUT2D eigenvalue weighted by Crippen LogP contribution is 2.45. The molecular formula is C15H18FNO2. The highest BCUT2D eigenvalue weighted by Gasteiger charge is 2.29. The van der Waals surface area contributed by atoms with Crippen molar-refractivity contribution >= 4 is 5.78 Å². The van der Waals surface area contributed by atoms with Gasteiger partial charge >= 0.3 is 0 Å². The van der Waals surface area contributed by atoms with Crippen LogP contribution < -0.4 is 10.1 Å². The first-order chi connectivity index (χ1) is 9.15. The van der Waals surface area contributed by atoms with Crippen molar-refractivity contribution in [3.05, 3.63) is 29.1 Å². The molecule has 0 unspecified atom stereocenters. The molecule has 1 saturated carbocycles. The number of rotatable bonds is 5. The molecule has 0 radical (unpaired) electrons. The number of carbonyl (C=O) groups is 1. The fourth-order valence-electron chi connectivity index (χ4n) is 2.35. The van der Waals surface area contributed by atoms with Gasteiger partial charge in [-0.15, -0.1) is 0 Å². The molecule has 2 aliphatic rings. The van der Waals surface area contributed by atoms with Gasteiger partial charge in [-0.2, -0.15) is 0 Å². The maximum absolute atomic E-state index is 13.9. The van der Waals surface area contributed by atoms with E-state index in [2.05, 4.69) is 5.32 Å². The molecule has 4 heteroatoms. The van der Waals surface area contributed by atoms with E-state index in [0.29, 0.717) is 24.2 Å². The Balaban J connectivity index is 1.83. The lowest BCUT2D eigenvalue weighted by Crippen LogP contribution is -2.45. The molecule has 102 valence electrons. The lowest BCUT2D eigenvalue weighted by molar-refractivity contribution is 0.101. The Labute approximate surface area is 112 Å². The van der Waals surface area contributed by atoms with Gasteiger partial charge in [0.15, 0.2) is 5.78 Å². The van der Waals surface area contributed by atoms with Gasteiger partial charge in [0, 0.05) is 25.1 Å². The molecule has 1 aliphatic heterocycles. The summed E-state index contributed by atoms with van der Waals surface area (Å²) in [6.45, 7) is 3.95. The Bertz CT molecular complexity index is 507. The number of Topliss-reactive ketones (excluding diaryl/α,β-unsaturated/α-hetero) is 1. The minimum atomic E-state index is -0.473. The highest BCUT2D eigenvalue weighted by atomic mass is 19.1. The zero-order chi connectivity index (χ0) is 13.4. The summed E-state index contributed by atoms with van der Waals surface area (Å²) in [6, 6.07) is 3.07. The topological polar surface area (TPSA) is 38.3 Å². The van der Waals surface area contributed by atoms with E-state index in [1.165, 1.54) is 13.0 Å². The van der Waals surface area contributed by atoms with E-state index in [0.717, 1.165) is 31.5 Å². The first-order valence-electron chi connectivity index (χ1n) is 6.83. The van der Waals surface area contributed by atoms with Gasteiger partial charge in [-0.3, -0.25) is 4.79 Å². The molecular weight excluding hydrogens is 245 g/mol. The molecule has 1 aromatic carbocycles. The van der Waals surface area contributed by atoms with Crippen LogP contribution in [0.3, 0.4) is 0 Å². The van der Waals surface area contributed by atoms with Gasteiger partial charge in [-0.25, -0.2) is 4.39 Å². The van der Waals surface area contributed by atoms with Gasteiger partial charge in [0.2, 0.25) is 0 Å². The third kappa shape index (κ3) is 2.63. The van der Waals surface area contributed by atoms with Crippen LogP contribution in [-0.4, -0.2) is 25.5 Å². The zero-order valence-corrected chi connectivity index (χ0v) is 11.0. The molecule has 3 nitrogen and oxygen atoms in total. The van der Waals surface area contributed by atoms with Crippen LogP contribution in [-0.2, 0) is 0 Å². The van der Waals surface area contributed by atoms with Crippen LogP contribution in [0, 0.1) is 11.7 Å². The van der Waals surface area contributed by atoms with Crippen molar-refractivity contribution in [1.29, 1.82) is 0 Å². The number of hydrogen-bond acceptors (Lipinski definition) is 3. The van der Waals surface area contributed by atoms with Gasteiger partial charge in [-0.1, -0.05) is 0 Å². The van der Waals surface area contributed by atoms with E-state index in [4.69, 9.17) is 4.74 Å². The maximum atomic E-state index is 13.9. The number of carbonyl (C=O) groups excluding carboxylic acids is 1. The van der Waals surface area contributed by atoms with Crippen molar-refractivity contribution in [2.75, 3.05) is 19.7 Å². The van der Waals surface area contributed by atoms with Crippen molar-refractivity contribution < 1.29 is 13.9 Å². The van der Waals surface area contributed by atoms with Crippen LogP contribution in [0.4, 0.5) is 4.39 Å². The molecule has 0 atom stereocenters. The summed E-state index contributed by atoms with van der Waals surface area (Å²) in [5, 5.41) is 3.18. The van der Waals surface area contributed by atoms with Gasteiger partial charge in [0.05, 0.1) is 12.2 Å². The molecule has 0 spiro atoms. The van der Waals surface area contributed by atoms with E-state index >= 15 is 0 Å². The maximum Gasteiger partial charge on any atom is 0.162 e. The fraction of sp³-hybridized carbons (Fsp3) is 0.533. The van der Waals surface area contributed by atoms with Crippen molar-refractivity contribution in [3.63, 3.8) is 0 Å². The molecule has 1 N–H and O–H groups in total. The van der Waals surface area contributed by atoms with E-state index in [1.807, 2.05) is 0 Å². The van der Waals surface area contributed by atoms with Gasteiger partial charge < -0.3 is 10.1 Å². The molecule has 3 rings (SSSR count). The number of hydrogen-bond donors (Lipinski definition) is 1. The van der Waals surface area contributed by atoms with Crippen molar-refractivity contribution in [2.24, 2.45) is 5.92 Å². The molecule has 1 aromatic rings. The normalized spacial score (nSPS) is 19.1. The molecule has 1 saturated heterocycles. The highest BCUT2D eigenvalue weighted by molar-refractivity contribution is 5.94. The standard InChI is InChI=1S/C15H18FNO2/c1-9(18)12-4-13(11-2-3-11)15(5-14(12)16)19-8-10-6-17-7-10/h4-5,10-11,17H,2-3,6-8H2,1H3. The quantitative estimate of drug-likeness (QED) is 0.829. The van der Waals surface area contributed by atoms with Crippen LogP contribution in [0.5, 0.6) is 5.75 Å². The van der Waals surface area contributed by atoms with E-state index in [9.17, 15) is 9.18 Å². The van der Waals surface area contributed by atoms with Crippen molar-refractivity contribution in [2.45, 2.75) is 25.7 Å². The van der Waals surface area contributed by atoms with E-state index in [-0.39, 0.29) is 11.3 Å². The van der Waals surface area contributed by atoms with Crippen LogP contribution in [0.1, 0.15) is 41.6 Å². The van der Waals surface area contributed by atoms with Crippen LogP contribution in [0.2, 0.25) is 0 Å². The first-order valence-corrected chi connectivity index (χ1v) is 6.83. The SMILES string of the molecule is CC(=O)c1cc(C2CC2)c(OCC2CNC2)cc1F. The van der Waals surface area contributed by atoms with E-state index in [1.54, 1.807) is 6.07 Å². The minimum Gasteiger partial charge on any atom is -0.493 e. The second-order valence-corrected chi connectivity index (χ2v) is 5.54. The second kappa shape index (κ2) is 4.93. The van der Waals surface area contributed by atoms with Crippen molar-refractivity contribution in [1.82, 2.24) is 5.32 Å². The summed E-state index contributed by atoms with van der Waals surface area (Å²) in [5.74, 6) is 0.875. The van der Waals surface area contributed by atoms with Gasteiger partial charge in [0.1, 0.15) is 11.6 Å². The second-order valence-electron chi connectivity index (χ2n) is 5.54. The largest absolute Gasteiger partial charge is 0.493 e. The Hall–Kier alpha value is -1.42. The number of ketones is 1. The average molecular weight is 263 g/mol.